The van der Waals surface area contributed by atoms with Crippen LogP contribution in [0.15, 0.2) is 0 Å². The fraction of sp³-hybridized carbons (Fsp3) is 0.909. The summed E-state index contributed by atoms with van der Waals surface area (Å²) < 4.78 is 24.4. The lowest BCUT2D eigenvalue weighted by atomic mass is 10.1. The number of rotatable bonds is 9. The number of alkyl halides is 2. The molecule has 0 aromatic rings. The second-order valence-corrected chi connectivity index (χ2v) is 3.83. The van der Waals surface area contributed by atoms with Crippen LogP contribution in [0, 0.1) is 0 Å². The monoisotopic (exact) mass is 236 g/mol. The summed E-state index contributed by atoms with van der Waals surface area (Å²) >= 11 is 0. The average Bonchev–Trinajstić information content (AvgIpc) is 2.23. The number of carbonyl (C=O) groups excluding carboxylic acids is 1. The van der Waals surface area contributed by atoms with Gasteiger partial charge in [0.2, 0.25) is 5.91 Å². The normalized spacial score (nSPS) is 10.8. The maximum atomic E-state index is 12.2. The molecule has 0 radical (unpaired) electrons. The van der Waals surface area contributed by atoms with E-state index in [1.165, 1.54) is 0 Å². The van der Waals surface area contributed by atoms with Gasteiger partial charge in [-0.2, -0.15) is 0 Å². The van der Waals surface area contributed by atoms with Crippen molar-refractivity contribution in [2.24, 2.45) is 5.73 Å². The molecule has 16 heavy (non-hydrogen) atoms. The Bertz CT molecular complexity index is 189. The number of hydrogen-bond donors (Lipinski definition) is 1. The van der Waals surface area contributed by atoms with Gasteiger partial charge in [-0.05, 0) is 6.42 Å². The Morgan fingerprint density at radius 1 is 1.31 bits per heavy atom. The van der Waals surface area contributed by atoms with Crippen LogP contribution >= 0.6 is 0 Å². The number of carbonyl (C=O) groups is 1. The molecule has 0 aliphatic carbocycles. The van der Waals surface area contributed by atoms with E-state index < -0.39 is 13.0 Å². The quantitative estimate of drug-likeness (QED) is 0.622. The molecule has 0 rings (SSSR count). The standard InChI is InChI=1S/C11H22F2N2O/c1-2-3-4-5-6-11(16)15(8-7-14)9-10(12)13/h10H,2-9,14H2,1H3. The van der Waals surface area contributed by atoms with E-state index in [9.17, 15) is 13.6 Å². The lowest BCUT2D eigenvalue weighted by molar-refractivity contribution is -0.133. The highest BCUT2D eigenvalue weighted by atomic mass is 19.3. The highest BCUT2D eigenvalue weighted by Gasteiger charge is 2.16. The van der Waals surface area contributed by atoms with Crippen molar-refractivity contribution in [1.29, 1.82) is 0 Å². The van der Waals surface area contributed by atoms with E-state index >= 15 is 0 Å². The van der Waals surface area contributed by atoms with Crippen LogP contribution in [-0.4, -0.2) is 36.9 Å². The molecule has 0 unspecified atom stereocenters. The summed E-state index contributed by atoms with van der Waals surface area (Å²) in [4.78, 5) is 12.7. The summed E-state index contributed by atoms with van der Waals surface area (Å²) in [5.74, 6) is -0.207. The van der Waals surface area contributed by atoms with Gasteiger partial charge >= 0.3 is 0 Å². The van der Waals surface area contributed by atoms with E-state index in [2.05, 4.69) is 6.92 Å². The molecule has 0 spiro atoms. The van der Waals surface area contributed by atoms with Crippen LogP contribution in [0.2, 0.25) is 0 Å². The summed E-state index contributed by atoms with van der Waals surface area (Å²) in [6.07, 6.45) is 1.81. The first-order valence-corrected chi connectivity index (χ1v) is 5.87. The predicted molar refractivity (Wildman–Crippen MR) is 60.4 cm³/mol. The summed E-state index contributed by atoms with van der Waals surface area (Å²) in [6, 6.07) is 0. The third kappa shape index (κ3) is 7.56. The molecule has 0 aromatic heterocycles. The van der Waals surface area contributed by atoms with E-state index in [-0.39, 0.29) is 19.0 Å². The molecule has 0 aromatic carbocycles. The molecule has 0 heterocycles. The largest absolute Gasteiger partial charge is 0.336 e. The van der Waals surface area contributed by atoms with Crippen molar-refractivity contribution in [3.05, 3.63) is 0 Å². The SMILES string of the molecule is CCCCCCC(=O)N(CCN)CC(F)F. The Balaban J connectivity index is 3.87. The van der Waals surface area contributed by atoms with Gasteiger partial charge in [0.15, 0.2) is 0 Å². The third-order valence-corrected chi connectivity index (χ3v) is 2.35. The minimum absolute atomic E-state index is 0.207. The van der Waals surface area contributed by atoms with Crippen LogP contribution in [0.1, 0.15) is 39.0 Å². The van der Waals surface area contributed by atoms with Crippen LogP contribution in [-0.2, 0) is 4.79 Å². The highest BCUT2D eigenvalue weighted by molar-refractivity contribution is 5.76. The first-order valence-electron chi connectivity index (χ1n) is 5.87. The van der Waals surface area contributed by atoms with Gasteiger partial charge in [-0.3, -0.25) is 4.79 Å². The predicted octanol–water partition coefficient (Wildman–Crippen LogP) is 2.01. The molecule has 0 aliphatic rings. The lowest BCUT2D eigenvalue weighted by Crippen LogP contribution is -2.38. The minimum atomic E-state index is -2.48. The summed E-state index contributed by atoms with van der Waals surface area (Å²) in [6.45, 7) is 2.04. The lowest BCUT2D eigenvalue weighted by Gasteiger charge is -2.21. The van der Waals surface area contributed by atoms with Crippen molar-refractivity contribution in [3.63, 3.8) is 0 Å². The Hall–Kier alpha value is -0.710. The van der Waals surface area contributed by atoms with Gasteiger partial charge in [0.05, 0.1) is 6.54 Å². The van der Waals surface area contributed by atoms with Crippen LogP contribution in [0.3, 0.4) is 0 Å². The van der Waals surface area contributed by atoms with Gasteiger partial charge < -0.3 is 10.6 Å². The Labute approximate surface area is 96.0 Å². The van der Waals surface area contributed by atoms with E-state index in [0.717, 1.165) is 30.6 Å². The molecule has 0 atom stereocenters. The van der Waals surface area contributed by atoms with Gasteiger partial charge in [0.1, 0.15) is 0 Å². The van der Waals surface area contributed by atoms with Crippen LogP contribution in [0.25, 0.3) is 0 Å². The van der Waals surface area contributed by atoms with E-state index in [4.69, 9.17) is 5.73 Å². The molecule has 5 heteroatoms. The molecule has 96 valence electrons. The molecular weight excluding hydrogens is 214 g/mol. The maximum absolute atomic E-state index is 12.2. The zero-order valence-electron chi connectivity index (χ0n) is 9.92. The zero-order chi connectivity index (χ0) is 12.4. The maximum Gasteiger partial charge on any atom is 0.255 e. The topological polar surface area (TPSA) is 46.3 Å². The van der Waals surface area contributed by atoms with E-state index in [1.807, 2.05) is 0 Å². The molecular formula is C11H22F2N2O. The first kappa shape index (κ1) is 15.3. The molecule has 0 saturated heterocycles. The number of amides is 1. The van der Waals surface area contributed by atoms with Crippen molar-refractivity contribution in [2.45, 2.75) is 45.5 Å². The van der Waals surface area contributed by atoms with Gasteiger partial charge in [0.25, 0.3) is 6.43 Å². The fourth-order valence-corrected chi connectivity index (χ4v) is 1.50. The minimum Gasteiger partial charge on any atom is -0.336 e. The van der Waals surface area contributed by atoms with E-state index in [1.54, 1.807) is 0 Å². The molecule has 2 N–H and O–H groups in total. The zero-order valence-corrected chi connectivity index (χ0v) is 9.92. The van der Waals surface area contributed by atoms with Crippen molar-refractivity contribution >= 4 is 5.91 Å². The van der Waals surface area contributed by atoms with Gasteiger partial charge in [-0.25, -0.2) is 8.78 Å². The summed E-state index contributed by atoms with van der Waals surface area (Å²) in [7, 11) is 0. The molecule has 3 nitrogen and oxygen atoms in total. The molecule has 0 saturated carbocycles. The van der Waals surface area contributed by atoms with Gasteiger partial charge in [-0.15, -0.1) is 0 Å². The smallest absolute Gasteiger partial charge is 0.255 e. The van der Waals surface area contributed by atoms with Crippen LogP contribution < -0.4 is 5.73 Å². The highest BCUT2D eigenvalue weighted by Crippen LogP contribution is 2.06. The van der Waals surface area contributed by atoms with Gasteiger partial charge in [-0.1, -0.05) is 26.2 Å². The summed E-state index contributed by atoms with van der Waals surface area (Å²) in [5, 5.41) is 0. The third-order valence-electron chi connectivity index (χ3n) is 2.35. The number of halogens is 2. The fourth-order valence-electron chi connectivity index (χ4n) is 1.50. The van der Waals surface area contributed by atoms with Crippen molar-refractivity contribution in [1.82, 2.24) is 4.90 Å². The number of hydrogen-bond acceptors (Lipinski definition) is 2. The van der Waals surface area contributed by atoms with Crippen molar-refractivity contribution < 1.29 is 13.6 Å². The molecule has 0 fully saturated rings. The number of nitrogens with two attached hydrogens (primary N) is 1. The first-order chi connectivity index (χ1) is 7.61. The van der Waals surface area contributed by atoms with E-state index in [0.29, 0.717) is 6.42 Å². The second kappa shape index (κ2) is 9.51. The van der Waals surface area contributed by atoms with Crippen molar-refractivity contribution in [2.75, 3.05) is 19.6 Å². The number of unbranched alkanes of at least 4 members (excludes halogenated alkanes) is 3. The van der Waals surface area contributed by atoms with Crippen LogP contribution in [0.5, 0.6) is 0 Å². The summed E-state index contributed by atoms with van der Waals surface area (Å²) in [5.41, 5.74) is 5.28. The Morgan fingerprint density at radius 3 is 2.50 bits per heavy atom. The Morgan fingerprint density at radius 2 is 2.00 bits per heavy atom. The molecule has 0 bridgehead atoms. The molecule has 1 amide bonds. The van der Waals surface area contributed by atoms with Crippen molar-refractivity contribution in [3.8, 4) is 0 Å². The average molecular weight is 236 g/mol. The van der Waals surface area contributed by atoms with Crippen LogP contribution in [0.4, 0.5) is 8.78 Å². The van der Waals surface area contributed by atoms with Gasteiger partial charge in [0, 0.05) is 19.5 Å². The molecule has 0 aliphatic heterocycles. The second-order valence-electron chi connectivity index (χ2n) is 3.83. The number of nitrogens with zero attached hydrogens (tertiary/aromatic N) is 1. The Kier molecular flexibility index (Phi) is 9.09.